The number of carbonyl (C=O) groups is 2. The average Bonchev–Trinajstić information content (AvgIpc) is 3.32. The molecular weight excluding hydrogens is 374 g/mol. The Morgan fingerprint density at radius 2 is 1.60 bits per heavy atom. The third-order valence-corrected chi connectivity index (χ3v) is 6.79. The van der Waals surface area contributed by atoms with Gasteiger partial charge in [0.15, 0.2) is 0 Å². The lowest BCUT2D eigenvalue weighted by Crippen LogP contribution is -2.26. The van der Waals surface area contributed by atoms with Gasteiger partial charge in [-0.25, -0.2) is 0 Å². The second-order valence-corrected chi connectivity index (χ2v) is 9.42. The molecule has 0 aliphatic carbocycles. The third-order valence-electron chi connectivity index (χ3n) is 6.79. The Hall–Kier alpha value is -3.60. The fourth-order valence-electron chi connectivity index (χ4n) is 5.81. The van der Waals surface area contributed by atoms with Gasteiger partial charge in [0.1, 0.15) is 0 Å². The van der Waals surface area contributed by atoms with E-state index in [9.17, 15) is 9.59 Å². The summed E-state index contributed by atoms with van der Waals surface area (Å²) in [6.45, 7) is 5.43. The fourth-order valence-corrected chi connectivity index (χ4v) is 5.81. The number of imide groups is 1. The molecule has 3 aromatic carbocycles. The zero-order valence-corrected chi connectivity index (χ0v) is 16.7. The Kier molecular flexibility index (Phi) is 2.66. The Morgan fingerprint density at radius 1 is 0.867 bits per heavy atom. The first-order chi connectivity index (χ1) is 14.4. The van der Waals surface area contributed by atoms with Crippen LogP contribution in [-0.2, 0) is 13.0 Å². The number of rotatable bonds is 0. The molecule has 5 aromatic rings. The van der Waals surface area contributed by atoms with Gasteiger partial charge in [0.25, 0.3) is 11.8 Å². The Bertz CT molecular complexity index is 1630. The number of nitrogens with one attached hydrogen (secondary N) is 2. The summed E-state index contributed by atoms with van der Waals surface area (Å²) in [6.07, 6.45) is 0.990. The number of para-hydroxylation sites is 2. The maximum Gasteiger partial charge on any atom is 0.259 e. The van der Waals surface area contributed by atoms with Gasteiger partial charge in [0.05, 0.1) is 27.7 Å². The van der Waals surface area contributed by atoms with Gasteiger partial charge in [-0.05, 0) is 23.5 Å². The van der Waals surface area contributed by atoms with Gasteiger partial charge < -0.3 is 9.55 Å². The van der Waals surface area contributed by atoms with Gasteiger partial charge in [-0.3, -0.25) is 14.9 Å². The minimum absolute atomic E-state index is 0.0999. The summed E-state index contributed by atoms with van der Waals surface area (Å²) >= 11 is 0. The molecule has 4 heterocycles. The summed E-state index contributed by atoms with van der Waals surface area (Å²) in [5.74, 6) is -0.603. The number of aromatic nitrogens is 2. The van der Waals surface area contributed by atoms with Crippen molar-refractivity contribution in [1.29, 1.82) is 0 Å². The van der Waals surface area contributed by atoms with E-state index in [4.69, 9.17) is 0 Å². The molecule has 2 amide bonds. The van der Waals surface area contributed by atoms with E-state index in [-0.39, 0.29) is 17.2 Å². The number of benzene rings is 3. The van der Waals surface area contributed by atoms with Crippen LogP contribution in [0.5, 0.6) is 0 Å². The summed E-state index contributed by atoms with van der Waals surface area (Å²) in [5, 5.41) is 6.33. The highest BCUT2D eigenvalue weighted by atomic mass is 16.2. The summed E-state index contributed by atoms with van der Waals surface area (Å²) in [6, 6.07) is 14.3. The van der Waals surface area contributed by atoms with Crippen LogP contribution in [0.4, 0.5) is 0 Å². The molecule has 2 aliphatic heterocycles. The number of amides is 2. The van der Waals surface area contributed by atoms with E-state index in [1.807, 2.05) is 24.3 Å². The first kappa shape index (κ1) is 16.2. The van der Waals surface area contributed by atoms with Crippen LogP contribution in [0, 0.1) is 5.41 Å². The molecule has 7 rings (SSSR count). The first-order valence-electron chi connectivity index (χ1n) is 10.3. The molecule has 146 valence electrons. The smallest absolute Gasteiger partial charge is 0.259 e. The number of nitrogens with zero attached hydrogens (tertiary/aromatic N) is 1. The monoisotopic (exact) mass is 393 g/mol. The molecule has 2 aromatic heterocycles. The van der Waals surface area contributed by atoms with Crippen LogP contribution in [0.1, 0.15) is 40.1 Å². The number of hydrogen-bond acceptors (Lipinski definition) is 2. The lowest BCUT2D eigenvalue weighted by Gasteiger charge is -2.31. The summed E-state index contributed by atoms with van der Waals surface area (Å²) in [7, 11) is 0. The lowest BCUT2D eigenvalue weighted by atomic mass is 9.82. The van der Waals surface area contributed by atoms with Gasteiger partial charge in [-0.1, -0.05) is 50.2 Å². The van der Waals surface area contributed by atoms with E-state index >= 15 is 0 Å². The molecule has 0 radical (unpaired) electrons. The molecule has 0 atom stereocenters. The summed E-state index contributed by atoms with van der Waals surface area (Å²) < 4.78 is 2.37. The van der Waals surface area contributed by atoms with E-state index in [2.05, 4.69) is 46.9 Å². The van der Waals surface area contributed by atoms with Crippen molar-refractivity contribution in [3.63, 3.8) is 0 Å². The van der Waals surface area contributed by atoms with Crippen LogP contribution in [0.25, 0.3) is 43.6 Å². The van der Waals surface area contributed by atoms with Crippen molar-refractivity contribution < 1.29 is 9.59 Å². The summed E-state index contributed by atoms with van der Waals surface area (Å²) in [5.41, 5.74) is 6.55. The van der Waals surface area contributed by atoms with Crippen molar-refractivity contribution in [2.75, 3.05) is 0 Å². The van der Waals surface area contributed by atoms with Crippen LogP contribution < -0.4 is 5.32 Å². The predicted molar refractivity (Wildman–Crippen MR) is 118 cm³/mol. The molecule has 2 N–H and O–H groups in total. The molecule has 30 heavy (non-hydrogen) atoms. The van der Waals surface area contributed by atoms with Crippen molar-refractivity contribution >= 4 is 55.4 Å². The highest BCUT2D eigenvalue weighted by molar-refractivity contribution is 6.39. The maximum absolute atomic E-state index is 13.0. The molecule has 0 bridgehead atoms. The topological polar surface area (TPSA) is 66.9 Å². The minimum Gasteiger partial charge on any atom is -0.353 e. The first-order valence-corrected chi connectivity index (χ1v) is 10.3. The standard InChI is InChI=1S/C25H19N3O2/c1-25(2)10-12-6-5-8-14-17-19-18(23(29)27-24(19)30)16-13-7-3-4-9-15(13)26-20(16)22(17)28(11-25)21(12)14/h3-9,26H,10-11H2,1-2H3,(H,27,29,30). The molecule has 0 saturated heterocycles. The third kappa shape index (κ3) is 1.75. The van der Waals surface area contributed by atoms with Gasteiger partial charge in [0, 0.05) is 33.6 Å². The van der Waals surface area contributed by atoms with Crippen molar-refractivity contribution in [1.82, 2.24) is 14.9 Å². The molecule has 0 spiro atoms. The Morgan fingerprint density at radius 3 is 2.43 bits per heavy atom. The number of H-pyrrole nitrogens is 1. The zero-order valence-electron chi connectivity index (χ0n) is 16.7. The van der Waals surface area contributed by atoms with Crippen LogP contribution in [0.3, 0.4) is 0 Å². The minimum atomic E-state index is -0.307. The van der Waals surface area contributed by atoms with E-state index in [0.717, 1.165) is 51.1 Å². The van der Waals surface area contributed by atoms with Gasteiger partial charge in [-0.2, -0.15) is 0 Å². The quantitative estimate of drug-likeness (QED) is 0.368. The molecule has 0 unspecified atom stereocenters. The molecule has 0 fully saturated rings. The number of aromatic amines is 1. The predicted octanol–water partition coefficient (Wildman–Crippen LogP) is 4.89. The second-order valence-electron chi connectivity index (χ2n) is 9.42. The highest BCUT2D eigenvalue weighted by Gasteiger charge is 2.37. The molecule has 2 aliphatic rings. The van der Waals surface area contributed by atoms with Crippen molar-refractivity contribution in [3.8, 4) is 0 Å². The van der Waals surface area contributed by atoms with Gasteiger partial charge >= 0.3 is 0 Å². The van der Waals surface area contributed by atoms with Crippen molar-refractivity contribution in [3.05, 3.63) is 59.2 Å². The van der Waals surface area contributed by atoms with Crippen LogP contribution >= 0.6 is 0 Å². The molecule has 5 nitrogen and oxygen atoms in total. The number of hydrogen-bond donors (Lipinski definition) is 2. The van der Waals surface area contributed by atoms with Gasteiger partial charge in [-0.15, -0.1) is 0 Å². The summed E-state index contributed by atoms with van der Waals surface area (Å²) in [4.78, 5) is 29.5. The van der Waals surface area contributed by atoms with E-state index in [0.29, 0.717) is 11.1 Å². The fraction of sp³-hybridized carbons (Fsp3) is 0.200. The van der Waals surface area contributed by atoms with Crippen LogP contribution in [-0.4, -0.2) is 21.4 Å². The number of carbonyl (C=O) groups excluding carboxylic acids is 2. The van der Waals surface area contributed by atoms with Crippen molar-refractivity contribution in [2.24, 2.45) is 5.41 Å². The van der Waals surface area contributed by atoms with E-state index in [1.165, 1.54) is 11.1 Å². The second kappa shape index (κ2) is 4.93. The van der Waals surface area contributed by atoms with Crippen LogP contribution in [0.2, 0.25) is 0 Å². The Balaban J connectivity index is 1.86. The largest absolute Gasteiger partial charge is 0.353 e. The van der Waals surface area contributed by atoms with Crippen LogP contribution in [0.15, 0.2) is 42.5 Å². The molecule has 5 heteroatoms. The Labute approximate surface area is 171 Å². The maximum atomic E-state index is 13.0. The van der Waals surface area contributed by atoms with Crippen molar-refractivity contribution in [2.45, 2.75) is 26.8 Å². The van der Waals surface area contributed by atoms with E-state index < -0.39 is 0 Å². The zero-order chi connectivity index (χ0) is 20.4. The SMILES string of the molecule is CC1(C)Cc2cccc3c4c5c(c6c7ccccc7[nH]c6c4n(c23)C1)C(=O)NC5=O. The lowest BCUT2D eigenvalue weighted by molar-refractivity contribution is 0.0880. The number of fused-ring (bicyclic) bond motifs is 10. The normalized spacial score (nSPS) is 17.4. The molecule has 0 saturated carbocycles. The average molecular weight is 393 g/mol. The van der Waals surface area contributed by atoms with Gasteiger partial charge in [0.2, 0.25) is 0 Å². The molecular formula is C25H19N3O2. The van der Waals surface area contributed by atoms with E-state index in [1.54, 1.807) is 0 Å². The highest BCUT2D eigenvalue weighted by Crippen LogP contribution is 2.47.